The fraction of sp³-hybridized carbons (Fsp3) is 0.333. The number of hydrogen-bond donors (Lipinski definition) is 2. The van der Waals surface area contributed by atoms with Crippen LogP contribution in [0.15, 0.2) is 34.7 Å². The van der Waals surface area contributed by atoms with Gasteiger partial charge in [0.2, 0.25) is 5.91 Å². The van der Waals surface area contributed by atoms with Crippen LogP contribution >= 0.6 is 22.7 Å². The van der Waals surface area contributed by atoms with Gasteiger partial charge < -0.3 is 11.1 Å². The summed E-state index contributed by atoms with van der Waals surface area (Å²) < 4.78 is 1.34. The van der Waals surface area contributed by atoms with Crippen LogP contribution < -0.4 is 16.6 Å². The maximum absolute atomic E-state index is 13.5. The third-order valence-electron chi connectivity index (χ3n) is 7.20. The number of fused-ring (bicyclic) bond motifs is 3. The summed E-state index contributed by atoms with van der Waals surface area (Å²) in [7, 11) is 0. The van der Waals surface area contributed by atoms with Gasteiger partial charge in [0.25, 0.3) is 11.5 Å². The highest BCUT2D eigenvalue weighted by molar-refractivity contribution is 7.17. The van der Waals surface area contributed by atoms with Crippen molar-refractivity contribution in [2.75, 3.05) is 5.32 Å². The number of carbonyl (C=O) groups is 2. The molecule has 0 unspecified atom stereocenters. The van der Waals surface area contributed by atoms with Gasteiger partial charge in [0, 0.05) is 15.8 Å². The van der Waals surface area contributed by atoms with Crippen LogP contribution in [0.4, 0.5) is 5.00 Å². The Balaban J connectivity index is 1.30. The second-order valence-corrected chi connectivity index (χ2v) is 11.5. The van der Waals surface area contributed by atoms with Crippen LogP contribution in [0.2, 0.25) is 0 Å². The molecule has 0 saturated carbocycles. The number of amides is 2. The van der Waals surface area contributed by atoms with E-state index < -0.39 is 5.91 Å². The molecule has 3 aromatic heterocycles. The predicted octanol–water partition coefficient (Wildman–Crippen LogP) is 4.68. The van der Waals surface area contributed by atoms with E-state index in [1.807, 2.05) is 5.38 Å². The van der Waals surface area contributed by atoms with Gasteiger partial charge in [0.05, 0.1) is 17.3 Å². The number of hydrogen-bond acceptors (Lipinski definition) is 6. The van der Waals surface area contributed by atoms with Crippen LogP contribution in [0.5, 0.6) is 0 Å². The molecule has 184 valence electrons. The number of carbonyl (C=O) groups excluding carboxylic acids is 2. The Bertz CT molecular complexity index is 1580. The number of nitrogens with zero attached hydrogens (tertiary/aromatic N) is 2. The van der Waals surface area contributed by atoms with Crippen molar-refractivity contribution in [2.45, 2.75) is 57.9 Å². The van der Waals surface area contributed by atoms with Crippen molar-refractivity contribution >= 4 is 49.7 Å². The van der Waals surface area contributed by atoms with Crippen molar-refractivity contribution in [1.29, 1.82) is 0 Å². The molecule has 0 spiro atoms. The summed E-state index contributed by atoms with van der Waals surface area (Å²) in [6.45, 7) is -0.192. The van der Waals surface area contributed by atoms with E-state index in [9.17, 15) is 14.4 Å². The summed E-state index contributed by atoms with van der Waals surface area (Å²) in [6.07, 6.45) is 9.75. The van der Waals surface area contributed by atoms with Crippen molar-refractivity contribution in [3.05, 3.63) is 67.4 Å². The summed E-state index contributed by atoms with van der Waals surface area (Å²) in [5.41, 5.74) is 11.4. The Hall–Kier alpha value is -3.30. The zero-order valence-electron chi connectivity index (χ0n) is 19.8. The molecule has 0 aliphatic heterocycles. The largest absolute Gasteiger partial charge is 0.365 e. The smallest absolute Gasteiger partial charge is 0.263 e. The van der Waals surface area contributed by atoms with Gasteiger partial charge in [-0.3, -0.25) is 19.0 Å². The molecule has 0 bridgehead atoms. The topological polar surface area (TPSA) is 107 Å². The van der Waals surface area contributed by atoms with E-state index in [0.717, 1.165) is 60.1 Å². The van der Waals surface area contributed by atoms with Crippen molar-refractivity contribution < 1.29 is 9.59 Å². The summed E-state index contributed by atoms with van der Waals surface area (Å²) >= 11 is 2.85. The molecule has 2 amide bonds. The third kappa shape index (κ3) is 4.06. The molecule has 0 atom stereocenters. The van der Waals surface area contributed by atoms with E-state index in [0.29, 0.717) is 20.8 Å². The quantitative estimate of drug-likeness (QED) is 0.400. The first-order valence-corrected chi connectivity index (χ1v) is 14.0. The summed E-state index contributed by atoms with van der Waals surface area (Å²) in [6, 6.07) is 6.45. The maximum atomic E-state index is 13.5. The van der Waals surface area contributed by atoms with Gasteiger partial charge in [-0.1, -0.05) is 18.2 Å². The maximum Gasteiger partial charge on any atom is 0.263 e. The number of aryl methyl sites for hydroxylation is 3. The van der Waals surface area contributed by atoms with E-state index in [-0.39, 0.29) is 18.0 Å². The highest BCUT2D eigenvalue weighted by Crippen LogP contribution is 2.38. The minimum atomic E-state index is -0.530. The van der Waals surface area contributed by atoms with Crippen molar-refractivity contribution in [3.63, 3.8) is 0 Å². The van der Waals surface area contributed by atoms with E-state index in [4.69, 9.17) is 5.73 Å². The molecule has 3 N–H and O–H groups in total. The predicted molar refractivity (Wildman–Crippen MR) is 144 cm³/mol. The lowest BCUT2D eigenvalue weighted by Crippen LogP contribution is -2.28. The molecule has 9 heteroatoms. The SMILES string of the molecule is NC(=O)c1c(NC(=O)Cn2cnc3scc(-c4ccc5c(c4)CCCC5)c3c2=O)sc2c1CCCC2. The molecule has 1 aromatic carbocycles. The van der Waals surface area contributed by atoms with Crippen LogP contribution in [-0.2, 0) is 37.0 Å². The Labute approximate surface area is 216 Å². The number of benzene rings is 1. The Kier molecular flexibility index (Phi) is 5.97. The minimum absolute atomic E-state index is 0.192. The van der Waals surface area contributed by atoms with E-state index in [1.54, 1.807) is 0 Å². The first kappa shape index (κ1) is 23.1. The third-order valence-corrected chi connectivity index (χ3v) is 9.30. The normalized spacial score (nSPS) is 14.9. The van der Waals surface area contributed by atoms with Gasteiger partial charge in [0.1, 0.15) is 16.4 Å². The van der Waals surface area contributed by atoms with Gasteiger partial charge in [-0.25, -0.2) is 4.98 Å². The number of aromatic nitrogens is 2. The monoisotopic (exact) mass is 518 g/mol. The standard InChI is InChI=1S/C27H26N4O3S2/c28-24(33)22-18-7-3-4-8-20(18)36-26(22)30-21(32)12-31-14-29-25-23(27(31)34)19(13-35-25)17-10-9-15-5-1-2-6-16(15)11-17/h9-11,13-14H,1-8,12H2,(H2,28,33)(H,30,32). The van der Waals surface area contributed by atoms with Crippen molar-refractivity contribution in [1.82, 2.24) is 9.55 Å². The van der Waals surface area contributed by atoms with E-state index >= 15 is 0 Å². The lowest BCUT2D eigenvalue weighted by Gasteiger charge is -2.16. The first-order chi connectivity index (χ1) is 17.5. The molecule has 3 heterocycles. The van der Waals surface area contributed by atoms with Crippen LogP contribution in [-0.4, -0.2) is 21.4 Å². The molecule has 36 heavy (non-hydrogen) atoms. The molecule has 2 aliphatic rings. The lowest BCUT2D eigenvalue weighted by atomic mass is 9.89. The summed E-state index contributed by atoms with van der Waals surface area (Å²) in [5.74, 6) is -0.914. The van der Waals surface area contributed by atoms with Crippen molar-refractivity contribution in [3.8, 4) is 11.1 Å². The molecule has 0 radical (unpaired) electrons. The molecule has 0 saturated heterocycles. The number of thiophene rings is 2. The molecule has 4 aromatic rings. The zero-order chi connectivity index (χ0) is 24.8. The second-order valence-electron chi connectivity index (χ2n) is 9.53. The number of anilines is 1. The minimum Gasteiger partial charge on any atom is -0.365 e. The highest BCUT2D eigenvalue weighted by atomic mass is 32.1. The summed E-state index contributed by atoms with van der Waals surface area (Å²) in [5, 5.41) is 5.83. The number of rotatable bonds is 5. The van der Waals surface area contributed by atoms with E-state index in [2.05, 4.69) is 28.5 Å². The molecular formula is C27H26N4O3S2. The molecule has 6 rings (SSSR count). The first-order valence-electron chi connectivity index (χ1n) is 12.3. The van der Waals surface area contributed by atoms with Gasteiger partial charge >= 0.3 is 0 Å². The number of nitrogens with one attached hydrogen (secondary N) is 1. The second kappa shape index (κ2) is 9.29. The lowest BCUT2D eigenvalue weighted by molar-refractivity contribution is -0.116. The van der Waals surface area contributed by atoms with Gasteiger partial charge in [-0.05, 0) is 73.6 Å². The number of primary amides is 1. The van der Waals surface area contributed by atoms with Crippen LogP contribution in [0.1, 0.15) is 57.6 Å². The van der Waals surface area contributed by atoms with Gasteiger partial charge in [-0.15, -0.1) is 22.7 Å². The molecular weight excluding hydrogens is 492 g/mol. The van der Waals surface area contributed by atoms with Gasteiger partial charge in [0.15, 0.2) is 0 Å². The average molecular weight is 519 g/mol. The fourth-order valence-electron chi connectivity index (χ4n) is 5.43. The Morgan fingerprint density at radius 2 is 1.83 bits per heavy atom. The Morgan fingerprint density at radius 3 is 2.67 bits per heavy atom. The molecule has 7 nitrogen and oxygen atoms in total. The zero-order valence-corrected chi connectivity index (χ0v) is 21.4. The molecule has 0 fully saturated rings. The van der Waals surface area contributed by atoms with Crippen LogP contribution in [0.3, 0.4) is 0 Å². The van der Waals surface area contributed by atoms with Crippen LogP contribution in [0, 0.1) is 0 Å². The van der Waals surface area contributed by atoms with Crippen molar-refractivity contribution in [2.24, 2.45) is 5.73 Å². The number of nitrogens with two attached hydrogens (primary N) is 1. The Morgan fingerprint density at radius 1 is 1.06 bits per heavy atom. The fourth-order valence-corrected chi connectivity index (χ4v) is 7.65. The van der Waals surface area contributed by atoms with Gasteiger partial charge in [-0.2, -0.15) is 0 Å². The highest BCUT2D eigenvalue weighted by Gasteiger charge is 2.25. The summed E-state index contributed by atoms with van der Waals surface area (Å²) in [4.78, 5) is 44.8. The van der Waals surface area contributed by atoms with E-state index in [1.165, 1.54) is 57.5 Å². The van der Waals surface area contributed by atoms with Crippen LogP contribution in [0.25, 0.3) is 21.3 Å². The molecule has 2 aliphatic carbocycles. The average Bonchev–Trinajstić information content (AvgIpc) is 3.47.